The molecule has 2 aliphatic rings. The highest BCUT2D eigenvalue weighted by Crippen LogP contribution is 2.37. The van der Waals surface area contributed by atoms with Crippen LogP contribution in [0.15, 0.2) is 30.6 Å². The molecule has 3 heterocycles. The zero-order valence-corrected chi connectivity index (χ0v) is 15.5. The summed E-state index contributed by atoms with van der Waals surface area (Å²) in [5, 5.41) is 8.05. The van der Waals surface area contributed by atoms with Crippen LogP contribution in [0.2, 0.25) is 0 Å². The van der Waals surface area contributed by atoms with Crippen molar-refractivity contribution < 1.29 is 4.74 Å². The van der Waals surface area contributed by atoms with Crippen molar-refractivity contribution in [3.63, 3.8) is 0 Å². The topological polar surface area (TPSA) is 42.3 Å². The minimum Gasteiger partial charge on any atom is -0.487 e. The summed E-state index contributed by atoms with van der Waals surface area (Å²) >= 11 is 0. The van der Waals surface area contributed by atoms with Crippen molar-refractivity contribution in [3.05, 3.63) is 41.7 Å². The Morgan fingerprint density at radius 2 is 2.24 bits per heavy atom. The molecule has 0 spiro atoms. The fourth-order valence-electron chi connectivity index (χ4n) is 4.02. The van der Waals surface area contributed by atoms with E-state index in [2.05, 4.69) is 53.6 Å². The van der Waals surface area contributed by atoms with E-state index in [1.165, 1.54) is 29.7 Å². The highest BCUT2D eigenvalue weighted by Gasteiger charge is 2.31. The van der Waals surface area contributed by atoms with E-state index in [4.69, 9.17) is 4.74 Å². The van der Waals surface area contributed by atoms with Crippen molar-refractivity contribution in [3.8, 4) is 5.75 Å². The number of nitrogens with one attached hydrogen (secondary N) is 1. The third-order valence-electron chi connectivity index (χ3n) is 5.23. The third kappa shape index (κ3) is 3.52. The van der Waals surface area contributed by atoms with Gasteiger partial charge < -0.3 is 15.0 Å². The summed E-state index contributed by atoms with van der Waals surface area (Å²) in [6.07, 6.45) is 7.49. The lowest BCUT2D eigenvalue weighted by Gasteiger charge is -2.34. The molecule has 5 nitrogen and oxygen atoms in total. The van der Waals surface area contributed by atoms with Gasteiger partial charge in [-0.3, -0.25) is 4.68 Å². The second-order valence-electron chi connectivity index (χ2n) is 7.98. The molecule has 1 N–H and O–H groups in total. The van der Waals surface area contributed by atoms with Crippen LogP contribution in [0.25, 0.3) is 0 Å². The molecule has 1 aromatic heterocycles. The molecule has 1 atom stereocenters. The van der Waals surface area contributed by atoms with Gasteiger partial charge in [-0.2, -0.15) is 5.10 Å². The molecule has 2 aliphatic heterocycles. The number of hydrogen-bond acceptors (Lipinski definition) is 4. The second-order valence-corrected chi connectivity index (χ2v) is 7.98. The van der Waals surface area contributed by atoms with Crippen LogP contribution in [0.4, 0.5) is 5.69 Å². The van der Waals surface area contributed by atoms with E-state index < -0.39 is 0 Å². The number of nitrogens with zero attached hydrogens (tertiary/aromatic N) is 3. The van der Waals surface area contributed by atoms with Gasteiger partial charge in [0.1, 0.15) is 11.4 Å². The van der Waals surface area contributed by atoms with Crippen molar-refractivity contribution in [1.82, 2.24) is 15.1 Å². The average molecular weight is 340 g/mol. The Morgan fingerprint density at radius 3 is 3.04 bits per heavy atom. The van der Waals surface area contributed by atoms with Crippen molar-refractivity contribution in [1.29, 1.82) is 0 Å². The summed E-state index contributed by atoms with van der Waals surface area (Å²) in [5.41, 5.74) is 3.76. The van der Waals surface area contributed by atoms with Gasteiger partial charge in [0.2, 0.25) is 0 Å². The van der Waals surface area contributed by atoms with Crippen molar-refractivity contribution in [2.45, 2.75) is 51.3 Å². The molecule has 5 heteroatoms. The fourth-order valence-corrected chi connectivity index (χ4v) is 4.02. The number of ether oxygens (including phenoxy) is 1. The second kappa shape index (κ2) is 6.37. The Kier molecular flexibility index (Phi) is 4.20. The standard InChI is InChI=1S/C20H28N4O/c1-20(2)10-15-6-4-7-16(19(15)25-20)11-21-17-8-5-9-24(13-17)18-12-22-23(3)14-18/h4,6-7,12,14,17,21H,5,8-11,13H2,1-3H3. The Labute approximate surface area is 150 Å². The van der Waals surface area contributed by atoms with Crippen LogP contribution in [0.1, 0.15) is 37.8 Å². The molecule has 1 aromatic carbocycles. The first-order valence-electron chi connectivity index (χ1n) is 9.27. The van der Waals surface area contributed by atoms with Crippen LogP contribution < -0.4 is 15.0 Å². The molecule has 2 aromatic rings. The van der Waals surface area contributed by atoms with Gasteiger partial charge >= 0.3 is 0 Å². The highest BCUT2D eigenvalue weighted by molar-refractivity contribution is 5.46. The summed E-state index contributed by atoms with van der Waals surface area (Å²) in [5.74, 6) is 1.10. The van der Waals surface area contributed by atoms with Crippen molar-refractivity contribution >= 4 is 5.69 Å². The van der Waals surface area contributed by atoms with Crippen molar-refractivity contribution in [2.24, 2.45) is 7.05 Å². The van der Waals surface area contributed by atoms with Crippen LogP contribution >= 0.6 is 0 Å². The lowest BCUT2D eigenvalue weighted by atomic mass is 10.00. The van der Waals surface area contributed by atoms with E-state index in [1.807, 2.05) is 17.9 Å². The summed E-state index contributed by atoms with van der Waals surface area (Å²) in [6.45, 7) is 7.34. The SMILES string of the molecule is Cn1cc(N2CCCC(NCc3cccc4c3OC(C)(C)C4)C2)cn1. The lowest BCUT2D eigenvalue weighted by Crippen LogP contribution is -2.45. The van der Waals surface area contributed by atoms with Gasteiger partial charge in [0.05, 0.1) is 11.9 Å². The van der Waals surface area contributed by atoms with E-state index >= 15 is 0 Å². The highest BCUT2D eigenvalue weighted by atomic mass is 16.5. The number of anilines is 1. The number of para-hydroxylation sites is 1. The smallest absolute Gasteiger partial charge is 0.127 e. The Balaban J connectivity index is 1.40. The molecular weight excluding hydrogens is 312 g/mol. The third-order valence-corrected chi connectivity index (χ3v) is 5.23. The molecule has 4 rings (SSSR count). The molecule has 1 saturated heterocycles. The number of piperidine rings is 1. The van der Waals surface area contributed by atoms with E-state index in [-0.39, 0.29) is 5.60 Å². The largest absolute Gasteiger partial charge is 0.487 e. The molecule has 134 valence electrons. The predicted molar refractivity (Wildman–Crippen MR) is 100 cm³/mol. The van der Waals surface area contributed by atoms with Crippen molar-refractivity contribution in [2.75, 3.05) is 18.0 Å². The number of fused-ring (bicyclic) bond motifs is 1. The number of rotatable bonds is 4. The zero-order chi connectivity index (χ0) is 17.4. The lowest BCUT2D eigenvalue weighted by molar-refractivity contribution is 0.137. The number of aromatic nitrogens is 2. The van der Waals surface area contributed by atoms with Gasteiger partial charge in [-0.15, -0.1) is 0 Å². The van der Waals surface area contributed by atoms with Crippen LogP contribution in [0.3, 0.4) is 0 Å². The molecule has 0 bridgehead atoms. The molecule has 1 fully saturated rings. The van der Waals surface area contributed by atoms with E-state index in [0.29, 0.717) is 6.04 Å². The molecule has 0 saturated carbocycles. The molecule has 0 radical (unpaired) electrons. The van der Waals surface area contributed by atoms with Gasteiger partial charge in [-0.25, -0.2) is 0 Å². The molecule has 0 aliphatic carbocycles. The van der Waals surface area contributed by atoms with Gasteiger partial charge in [-0.1, -0.05) is 18.2 Å². The maximum atomic E-state index is 6.20. The number of benzene rings is 1. The summed E-state index contributed by atoms with van der Waals surface area (Å²) in [6, 6.07) is 7.04. The Hall–Kier alpha value is -2.01. The zero-order valence-electron chi connectivity index (χ0n) is 15.5. The van der Waals surface area contributed by atoms with Crippen LogP contribution in [-0.4, -0.2) is 34.5 Å². The molecule has 1 unspecified atom stereocenters. The van der Waals surface area contributed by atoms with E-state index in [1.54, 1.807) is 0 Å². The maximum Gasteiger partial charge on any atom is 0.127 e. The average Bonchev–Trinajstić information content (AvgIpc) is 3.15. The normalized spacial score (nSPS) is 21.9. The van der Waals surface area contributed by atoms with Gasteiger partial charge in [0.15, 0.2) is 0 Å². The molecule has 25 heavy (non-hydrogen) atoms. The van der Waals surface area contributed by atoms with Gasteiger partial charge in [-0.05, 0) is 32.3 Å². The predicted octanol–water partition coefficient (Wildman–Crippen LogP) is 2.89. The van der Waals surface area contributed by atoms with Crippen LogP contribution in [0, 0.1) is 0 Å². The summed E-state index contributed by atoms with van der Waals surface area (Å²) in [4.78, 5) is 2.43. The number of aryl methyl sites for hydroxylation is 1. The first-order valence-corrected chi connectivity index (χ1v) is 9.27. The number of hydrogen-bond donors (Lipinski definition) is 1. The van der Waals surface area contributed by atoms with Crippen LogP contribution in [-0.2, 0) is 20.0 Å². The molecular formula is C20H28N4O. The van der Waals surface area contributed by atoms with E-state index in [0.717, 1.165) is 31.8 Å². The minimum absolute atomic E-state index is 0.0830. The minimum atomic E-state index is -0.0830. The Morgan fingerprint density at radius 1 is 1.36 bits per heavy atom. The monoisotopic (exact) mass is 340 g/mol. The van der Waals surface area contributed by atoms with Gasteiger partial charge in [0.25, 0.3) is 0 Å². The maximum absolute atomic E-state index is 6.20. The first kappa shape index (κ1) is 16.5. The van der Waals surface area contributed by atoms with E-state index in [9.17, 15) is 0 Å². The summed E-state index contributed by atoms with van der Waals surface area (Å²) < 4.78 is 8.07. The van der Waals surface area contributed by atoms with Crippen LogP contribution in [0.5, 0.6) is 5.75 Å². The first-order chi connectivity index (χ1) is 12.0. The van der Waals surface area contributed by atoms with Gasteiger partial charge in [0, 0.05) is 50.9 Å². The fraction of sp³-hybridized carbons (Fsp3) is 0.550. The molecule has 0 amide bonds. The summed E-state index contributed by atoms with van der Waals surface area (Å²) in [7, 11) is 1.97. The quantitative estimate of drug-likeness (QED) is 0.929. The Bertz CT molecular complexity index is 752.